The summed E-state index contributed by atoms with van der Waals surface area (Å²) >= 11 is 1.25. The van der Waals surface area contributed by atoms with E-state index < -0.39 is 5.97 Å². The van der Waals surface area contributed by atoms with E-state index in [-0.39, 0.29) is 24.8 Å². The van der Waals surface area contributed by atoms with E-state index in [9.17, 15) is 14.4 Å². The fourth-order valence-corrected chi connectivity index (χ4v) is 3.16. The molecule has 0 atom stereocenters. The van der Waals surface area contributed by atoms with Gasteiger partial charge in [-0.1, -0.05) is 30.3 Å². The number of aromatic nitrogens is 2. The summed E-state index contributed by atoms with van der Waals surface area (Å²) in [4.78, 5) is 42.5. The third kappa shape index (κ3) is 5.04. The summed E-state index contributed by atoms with van der Waals surface area (Å²) in [6.45, 7) is -0.142. The molecule has 2 amide bonds. The van der Waals surface area contributed by atoms with Crippen LogP contribution < -0.4 is 10.6 Å². The number of hydrogen-bond donors (Lipinski definition) is 3. The van der Waals surface area contributed by atoms with Gasteiger partial charge in [-0.25, -0.2) is 9.78 Å². The van der Waals surface area contributed by atoms with Crippen molar-refractivity contribution in [3.63, 3.8) is 0 Å². The molecule has 3 N–H and O–H groups in total. The van der Waals surface area contributed by atoms with E-state index in [4.69, 9.17) is 0 Å². The number of benzene rings is 1. The molecule has 0 aliphatic carbocycles. The van der Waals surface area contributed by atoms with Crippen LogP contribution in [0.2, 0.25) is 0 Å². The largest absolute Gasteiger partial charge is 0.464 e. The third-order valence-electron chi connectivity index (χ3n) is 3.79. The molecule has 0 aliphatic heterocycles. The van der Waals surface area contributed by atoms with Crippen LogP contribution in [0.5, 0.6) is 0 Å². The van der Waals surface area contributed by atoms with Crippen molar-refractivity contribution in [2.75, 3.05) is 19.0 Å². The van der Waals surface area contributed by atoms with Gasteiger partial charge in [0.2, 0.25) is 11.8 Å². The van der Waals surface area contributed by atoms with Crippen molar-refractivity contribution in [1.29, 1.82) is 0 Å². The first-order chi connectivity index (χ1) is 13.5. The maximum Gasteiger partial charge on any atom is 0.354 e. The first-order valence-corrected chi connectivity index (χ1v) is 9.26. The van der Waals surface area contributed by atoms with Crippen molar-refractivity contribution >= 4 is 34.3 Å². The number of nitrogens with one attached hydrogen (secondary N) is 3. The van der Waals surface area contributed by atoms with E-state index in [0.29, 0.717) is 22.1 Å². The van der Waals surface area contributed by atoms with Gasteiger partial charge in [-0.05, 0) is 11.6 Å². The smallest absolute Gasteiger partial charge is 0.354 e. The summed E-state index contributed by atoms with van der Waals surface area (Å²) in [5.41, 5.74) is 2.51. The highest BCUT2D eigenvalue weighted by Crippen LogP contribution is 2.25. The van der Waals surface area contributed by atoms with Crippen LogP contribution in [0.4, 0.5) is 5.13 Å². The number of anilines is 1. The molecule has 0 fully saturated rings. The Hall–Kier alpha value is -3.46. The predicted octanol–water partition coefficient (Wildman–Crippen LogP) is 2.22. The minimum Gasteiger partial charge on any atom is -0.464 e. The third-order valence-corrected chi connectivity index (χ3v) is 4.55. The van der Waals surface area contributed by atoms with E-state index in [1.165, 1.54) is 18.4 Å². The van der Waals surface area contributed by atoms with Gasteiger partial charge in [-0.3, -0.25) is 9.59 Å². The van der Waals surface area contributed by atoms with E-state index in [0.717, 1.165) is 5.56 Å². The monoisotopic (exact) mass is 398 g/mol. The molecule has 0 spiro atoms. The summed E-state index contributed by atoms with van der Waals surface area (Å²) in [6, 6.07) is 10.9. The van der Waals surface area contributed by atoms with E-state index in [1.54, 1.807) is 17.6 Å². The minimum atomic E-state index is -0.471. The van der Waals surface area contributed by atoms with Gasteiger partial charge in [0, 0.05) is 17.1 Å². The molecule has 9 heteroatoms. The van der Waals surface area contributed by atoms with Crippen LogP contribution in [0.15, 0.2) is 48.0 Å². The Morgan fingerprint density at radius 1 is 1.18 bits per heavy atom. The van der Waals surface area contributed by atoms with Gasteiger partial charge < -0.3 is 20.4 Å². The summed E-state index contributed by atoms with van der Waals surface area (Å²) in [7, 11) is 1.30. The molecule has 0 aliphatic rings. The number of carbonyl (C=O) groups is 3. The molecular formula is C19H18N4O4S. The number of thiazole rings is 1. The average Bonchev–Trinajstić information content (AvgIpc) is 3.36. The summed E-state index contributed by atoms with van der Waals surface area (Å²) < 4.78 is 4.65. The van der Waals surface area contributed by atoms with Crippen LogP contribution in [-0.2, 0) is 20.7 Å². The number of ether oxygens (including phenoxy) is 1. The molecule has 0 radical (unpaired) electrons. The number of esters is 1. The fourth-order valence-electron chi connectivity index (χ4n) is 2.42. The van der Waals surface area contributed by atoms with Gasteiger partial charge in [0.1, 0.15) is 5.69 Å². The van der Waals surface area contributed by atoms with E-state index in [1.807, 2.05) is 30.3 Å². The van der Waals surface area contributed by atoms with E-state index >= 15 is 0 Å². The Morgan fingerprint density at radius 3 is 2.71 bits per heavy atom. The fraction of sp³-hybridized carbons (Fsp3) is 0.158. The molecule has 28 heavy (non-hydrogen) atoms. The lowest BCUT2D eigenvalue weighted by molar-refractivity contribution is -0.123. The molecule has 0 saturated carbocycles. The lowest BCUT2D eigenvalue weighted by atomic mass is 10.1. The van der Waals surface area contributed by atoms with Crippen molar-refractivity contribution in [3.8, 4) is 11.3 Å². The summed E-state index contributed by atoms with van der Waals surface area (Å²) in [5, 5.41) is 7.38. The SMILES string of the molecule is COC(=O)c1cc(-c2csc(NC(=O)CNC(=O)Cc3ccccc3)n2)c[nH]1. The number of methoxy groups -OCH3 is 1. The summed E-state index contributed by atoms with van der Waals surface area (Å²) in [6.07, 6.45) is 1.85. The number of rotatable bonds is 7. The number of carbonyl (C=O) groups excluding carboxylic acids is 3. The Kier molecular flexibility index (Phi) is 6.18. The predicted molar refractivity (Wildman–Crippen MR) is 105 cm³/mol. The Bertz CT molecular complexity index is 981. The molecule has 1 aromatic carbocycles. The number of H-pyrrole nitrogens is 1. The molecule has 2 heterocycles. The lowest BCUT2D eigenvalue weighted by Gasteiger charge is -2.05. The van der Waals surface area contributed by atoms with Gasteiger partial charge >= 0.3 is 5.97 Å². The molecule has 2 aromatic heterocycles. The quantitative estimate of drug-likeness (QED) is 0.528. The zero-order valence-corrected chi connectivity index (χ0v) is 15.8. The minimum absolute atomic E-state index is 0.142. The van der Waals surface area contributed by atoms with Crippen molar-refractivity contribution < 1.29 is 19.1 Å². The Balaban J connectivity index is 1.50. The zero-order chi connectivity index (χ0) is 19.9. The van der Waals surface area contributed by atoms with Crippen LogP contribution in [-0.4, -0.2) is 41.4 Å². The van der Waals surface area contributed by atoms with Crippen molar-refractivity contribution in [2.45, 2.75) is 6.42 Å². The number of aromatic amines is 1. The number of amides is 2. The van der Waals surface area contributed by atoms with Gasteiger partial charge in [0.25, 0.3) is 0 Å². The second kappa shape index (κ2) is 8.96. The molecule has 0 bridgehead atoms. The zero-order valence-electron chi connectivity index (χ0n) is 15.0. The second-order valence-corrected chi connectivity index (χ2v) is 6.68. The van der Waals surface area contributed by atoms with Crippen LogP contribution in [0, 0.1) is 0 Å². The highest BCUT2D eigenvalue weighted by atomic mass is 32.1. The highest BCUT2D eigenvalue weighted by Gasteiger charge is 2.13. The van der Waals surface area contributed by atoms with Gasteiger partial charge in [-0.2, -0.15) is 0 Å². The van der Waals surface area contributed by atoms with Gasteiger partial charge in [-0.15, -0.1) is 11.3 Å². The molecular weight excluding hydrogens is 380 g/mol. The van der Waals surface area contributed by atoms with Gasteiger partial charge in [0.05, 0.1) is 25.8 Å². The maximum absolute atomic E-state index is 12.0. The normalized spacial score (nSPS) is 10.3. The molecule has 144 valence electrons. The van der Waals surface area contributed by atoms with Crippen LogP contribution in [0.1, 0.15) is 16.1 Å². The van der Waals surface area contributed by atoms with Crippen LogP contribution in [0.25, 0.3) is 11.3 Å². The summed E-state index contributed by atoms with van der Waals surface area (Å²) in [5.74, 6) is -1.07. The first-order valence-electron chi connectivity index (χ1n) is 8.38. The van der Waals surface area contributed by atoms with Crippen molar-refractivity contribution in [1.82, 2.24) is 15.3 Å². The highest BCUT2D eigenvalue weighted by molar-refractivity contribution is 7.14. The second-order valence-electron chi connectivity index (χ2n) is 5.82. The standard InChI is InChI=1S/C19H18N4O4S/c1-27-18(26)14-8-13(9-20-14)15-11-28-19(22-15)23-17(25)10-21-16(24)7-12-5-3-2-4-6-12/h2-6,8-9,11,20H,7,10H2,1H3,(H,21,24)(H,22,23,25). The van der Waals surface area contributed by atoms with Crippen molar-refractivity contribution in [2.24, 2.45) is 0 Å². The lowest BCUT2D eigenvalue weighted by Crippen LogP contribution is -2.33. The molecule has 0 saturated heterocycles. The molecule has 8 nitrogen and oxygen atoms in total. The topological polar surface area (TPSA) is 113 Å². The Labute approximate surface area is 165 Å². The first kappa shape index (κ1) is 19.3. The number of nitrogens with zero attached hydrogens (tertiary/aromatic N) is 1. The van der Waals surface area contributed by atoms with E-state index in [2.05, 4.69) is 25.3 Å². The maximum atomic E-state index is 12.0. The number of hydrogen-bond acceptors (Lipinski definition) is 6. The van der Waals surface area contributed by atoms with Crippen LogP contribution in [0.3, 0.4) is 0 Å². The van der Waals surface area contributed by atoms with Crippen LogP contribution >= 0.6 is 11.3 Å². The van der Waals surface area contributed by atoms with Gasteiger partial charge in [0.15, 0.2) is 5.13 Å². The average molecular weight is 398 g/mol. The Morgan fingerprint density at radius 2 is 1.96 bits per heavy atom. The van der Waals surface area contributed by atoms with Crippen molar-refractivity contribution in [3.05, 3.63) is 59.2 Å². The molecule has 0 unspecified atom stereocenters. The molecule has 3 rings (SSSR count). The molecule has 3 aromatic rings.